The van der Waals surface area contributed by atoms with Crippen LogP contribution in [0.1, 0.15) is 181 Å². The van der Waals surface area contributed by atoms with E-state index in [9.17, 15) is 14.4 Å². The zero-order valence-corrected chi connectivity index (χ0v) is 37.0. The van der Waals surface area contributed by atoms with Gasteiger partial charge in [0.1, 0.15) is 13.2 Å². The van der Waals surface area contributed by atoms with Gasteiger partial charge >= 0.3 is 17.9 Å². The predicted molar refractivity (Wildman–Crippen MR) is 247 cm³/mol. The van der Waals surface area contributed by atoms with Gasteiger partial charge in [-0.1, -0.05) is 156 Å². The Balaban J connectivity index is 4.49. The zero-order chi connectivity index (χ0) is 42.3. The van der Waals surface area contributed by atoms with Crippen LogP contribution in [0.25, 0.3) is 0 Å². The summed E-state index contributed by atoms with van der Waals surface area (Å²) in [5, 5.41) is 0. The first kappa shape index (κ1) is 54.1. The maximum Gasteiger partial charge on any atom is 0.306 e. The van der Waals surface area contributed by atoms with Gasteiger partial charge in [0.15, 0.2) is 6.10 Å². The lowest BCUT2D eigenvalue weighted by Gasteiger charge is -2.18. The maximum atomic E-state index is 12.7. The third-order valence-electron chi connectivity index (χ3n) is 8.99. The number of unbranched alkanes of at least 4 members (excludes halogenated alkanes) is 10. The van der Waals surface area contributed by atoms with E-state index in [4.69, 9.17) is 14.2 Å². The Kier molecular flexibility index (Phi) is 42.7. The first-order chi connectivity index (χ1) is 28.5. The summed E-state index contributed by atoms with van der Waals surface area (Å²) in [6, 6.07) is 0. The quantitative estimate of drug-likeness (QED) is 0.0267. The van der Waals surface area contributed by atoms with Gasteiger partial charge in [0.2, 0.25) is 0 Å². The van der Waals surface area contributed by atoms with E-state index >= 15 is 0 Å². The second-order valence-electron chi connectivity index (χ2n) is 14.5. The molecule has 6 nitrogen and oxygen atoms in total. The van der Waals surface area contributed by atoms with Crippen molar-refractivity contribution in [2.75, 3.05) is 13.2 Å². The van der Waals surface area contributed by atoms with Gasteiger partial charge in [-0.3, -0.25) is 14.4 Å². The highest BCUT2D eigenvalue weighted by Gasteiger charge is 2.19. The molecule has 6 heteroatoms. The van der Waals surface area contributed by atoms with Crippen LogP contribution in [0, 0.1) is 0 Å². The van der Waals surface area contributed by atoms with Gasteiger partial charge in [0, 0.05) is 19.3 Å². The minimum Gasteiger partial charge on any atom is -0.462 e. The fourth-order valence-electron chi connectivity index (χ4n) is 5.60. The van der Waals surface area contributed by atoms with E-state index in [1.54, 1.807) is 0 Å². The zero-order valence-electron chi connectivity index (χ0n) is 37.0. The molecule has 1 unspecified atom stereocenters. The minimum atomic E-state index is -0.822. The standard InChI is InChI=1S/C52H82O6/c1-4-7-10-13-16-19-21-23-24-25-26-27-28-29-31-33-36-39-42-45-51(54)57-48-49(47-56-50(53)44-41-38-35-32-18-15-12-9-6-3)58-52(55)46-43-40-37-34-30-22-20-17-14-11-8-5-2/h7-8,10-11,16-17,19-20,23-24,26-27,29-32,34-35,49H,4-6,9,12-15,18,21-22,25,28,33,36-48H2,1-3H3/b10-7-,11-8-,19-16-,20-17-,24-23-,27-26-,31-29-,34-30-,35-32-. The highest BCUT2D eigenvalue weighted by molar-refractivity contribution is 5.71. The van der Waals surface area contributed by atoms with E-state index in [-0.39, 0.29) is 37.5 Å². The van der Waals surface area contributed by atoms with Crippen molar-refractivity contribution in [1.82, 2.24) is 0 Å². The van der Waals surface area contributed by atoms with Gasteiger partial charge in [0.05, 0.1) is 0 Å². The lowest BCUT2D eigenvalue weighted by atomic mass is 10.1. The topological polar surface area (TPSA) is 78.9 Å². The maximum absolute atomic E-state index is 12.7. The van der Waals surface area contributed by atoms with E-state index in [2.05, 4.69) is 130 Å². The molecular formula is C52H82O6. The summed E-state index contributed by atoms with van der Waals surface area (Å²) in [6.45, 7) is 6.25. The highest BCUT2D eigenvalue weighted by Crippen LogP contribution is 2.10. The van der Waals surface area contributed by atoms with Crippen molar-refractivity contribution in [1.29, 1.82) is 0 Å². The van der Waals surface area contributed by atoms with Crippen molar-refractivity contribution in [3.05, 3.63) is 109 Å². The molecule has 0 rings (SSSR count). The first-order valence-corrected chi connectivity index (χ1v) is 22.9. The largest absolute Gasteiger partial charge is 0.462 e. The lowest BCUT2D eigenvalue weighted by Crippen LogP contribution is -2.30. The number of esters is 3. The van der Waals surface area contributed by atoms with Crippen LogP contribution in [0.3, 0.4) is 0 Å². The summed E-state index contributed by atoms with van der Waals surface area (Å²) in [7, 11) is 0. The van der Waals surface area contributed by atoms with Gasteiger partial charge in [-0.25, -0.2) is 0 Å². The Bertz CT molecular complexity index is 1240. The SMILES string of the molecule is CC/C=C\C/C=C\C/C=C\C/C=C\C/C=C\CCCCCC(=O)OCC(COC(=O)CCC/C=C\CCCCCC)OC(=O)CCCC/C=C\C/C=C\C/C=C\CC. The minimum absolute atomic E-state index is 0.122. The van der Waals surface area contributed by atoms with E-state index in [1.165, 1.54) is 25.7 Å². The molecule has 1 atom stereocenters. The number of allylic oxidation sites excluding steroid dienone is 18. The Labute approximate surface area is 355 Å². The monoisotopic (exact) mass is 803 g/mol. The normalized spacial score (nSPS) is 13.1. The van der Waals surface area contributed by atoms with Crippen LogP contribution in [0.4, 0.5) is 0 Å². The molecule has 0 aromatic carbocycles. The summed E-state index contributed by atoms with van der Waals surface area (Å²) >= 11 is 0. The number of carbonyl (C=O) groups is 3. The Hall–Kier alpha value is -3.93. The van der Waals surface area contributed by atoms with Crippen molar-refractivity contribution in [3.8, 4) is 0 Å². The number of hydrogen-bond donors (Lipinski definition) is 0. The van der Waals surface area contributed by atoms with Crippen molar-refractivity contribution in [2.24, 2.45) is 0 Å². The molecule has 0 aromatic rings. The number of carbonyl (C=O) groups excluding carboxylic acids is 3. The molecule has 0 aliphatic carbocycles. The molecule has 0 saturated carbocycles. The molecule has 0 heterocycles. The highest BCUT2D eigenvalue weighted by atomic mass is 16.6. The fourth-order valence-corrected chi connectivity index (χ4v) is 5.60. The van der Waals surface area contributed by atoms with Crippen LogP contribution in [-0.4, -0.2) is 37.2 Å². The summed E-state index contributed by atoms with van der Waals surface area (Å²) in [4.78, 5) is 37.7. The van der Waals surface area contributed by atoms with E-state index in [0.29, 0.717) is 25.7 Å². The molecule has 0 spiro atoms. The smallest absolute Gasteiger partial charge is 0.306 e. The second kappa shape index (κ2) is 45.8. The van der Waals surface area contributed by atoms with Crippen LogP contribution < -0.4 is 0 Å². The fraction of sp³-hybridized carbons (Fsp3) is 0.596. The van der Waals surface area contributed by atoms with Crippen molar-refractivity contribution >= 4 is 17.9 Å². The van der Waals surface area contributed by atoms with Crippen molar-refractivity contribution in [2.45, 2.75) is 187 Å². The summed E-state index contributed by atoms with van der Waals surface area (Å²) in [5.41, 5.74) is 0. The van der Waals surface area contributed by atoms with Gasteiger partial charge < -0.3 is 14.2 Å². The molecule has 0 aliphatic heterocycles. The van der Waals surface area contributed by atoms with Crippen LogP contribution >= 0.6 is 0 Å². The molecule has 0 saturated heterocycles. The van der Waals surface area contributed by atoms with Crippen LogP contribution in [0.5, 0.6) is 0 Å². The van der Waals surface area contributed by atoms with E-state index in [0.717, 1.165) is 103 Å². The van der Waals surface area contributed by atoms with Gasteiger partial charge in [0.25, 0.3) is 0 Å². The number of rotatable bonds is 39. The number of ether oxygens (including phenoxy) is 3. The molecule has 0 fully saturated rings. The summed E-state index contributed by atoms with van der Waals surface area (Å²) in [6.07, 6.45) is 60.9. The Morgan fingerprint density at radius 1 is 0.362 bits per heavy atom. The van der Waals surface area contributed by atoms with E-state index < -0.39 is 6.10 Å². The van der Waals surface area contributed by atoms with Crippen LogP contribution in [-0.2, 0) is 28.6 Å². The molecular weight excluding hydrogens is 721 g/mol. The van der Waals surface area contributed by atoms with Gasteiger partial charge in [-0.15, -0.1) is 0 Å². The molecule has 0 N–H and O–H groups in total. The Morgan fingerprint density at radius 2 is 0.690 bits per heavy atom. The molecule has 0 radical (unpaired) electrons. The molecule has 0 bridgehead atoms. The Morgan fingerprint density at radius 3 is 1.14 bits per heavy atom. The molecule has 58 heavy (non-hydrogen) atoms. The van der Waals surface area contributed by atoms with Crippen LogP contribution in [0.2, 0.25) is 0 Å². The lowest BCUT2D eigenvalue weighted by molar-refractivity contribution is -0.167. The van der Waals surface area contributed by atoms with Crippen molar-refractivity contribution in [3.63, 3.8) is 0 Å². The van der Waals surface area contributed by atoms with Gasteiger partial charge in [-0.2, -0.15) is 0 Å². The second-order valence-corrected chi connectivity index (χ2v) is 14.5. The third-order valence-corrected chi connectivity index (χ3v) is 8.99. The molecule has 326 valence electrons. The molecule has 0 aromatic heterocycles. The summed E-state index contributed by atoms with van der Waals surface area (Å²) in [5.74, 6) is -1.04. The summed E-state index contributed by atoms with van der Waals surface area (Å²) < 4.78 is 16.6. The third kappa shape index (κ3) is 43.2. The first-order valence-electron chi connectivity index (χ1n) is 22.9. The predicted octanol–water partition coefficient (Wildman–Crippen LogP) is 14.8. The average Bonchev–Trinajstić information content (AvgIpc) is 3.22. The molecule has 0 aliphatic rings. The van der Waals surface area contributed by atoms with Gasteiger partial charge in [-0.05, 0) is 116 Å². The van der Waals surface area contributed by atoms with Crippen molar-refractivity contribution < 1.29 is 28.6 Å². The van der Waals surface area contributed by atoms with Crippen LogP contribution in [0.15, 0.2) is 109 Å². The molecule has 0 amide bonds. The average molecular weight is 803 g/mol. The number of hydrogen-bond acceptors (Lipinski definition) is 6. The van der Waals surface area contributed by atoms with E-state index in [1.807, 2.05) is 0 Å².